The smallest absolute Gasteiger partial charge is 0.226 e. The Balaban J connectivity index is 0.00000320. The van der Waals surface area contributed by atoms with Crippen molar-refractivity contribution in [3.63, 3.8) is 0 Å². The fourth-order valence-corrected chi connectivity index (χ4v) is 3.69. The zero-order valence-corrected chi connectivity index (χ0v) is 20.8. The minimum absolute atomic E-state index is 0. The predicted molar refractivity (Wildman–Crippen MR) is 133 cm³/mol. The zero-order chi connectivity index (χ0) is 20.8. The van der Waals surface area contributed by atoms with Crippen LogP contribution in [-0.4, -0.2) is 52.7 Å². The molecule has 1 unspecified atom stereocenters. The quantitative estimate of drug-likeness (QED) is 0.330. The number of halogens is 2. The molecule has 2 N–H and O–H groups in total. The Morgan fingerprint density at radius 3 is 2.90 bits per heavy atom. The van der Waals surface area contributed by atoms with E-state index in [9.17, 15) is 4.79 Å². The number of hydrogen-bond acceptors (Lipinski definition) is 3. The molecule has 1 aromatic heterocycles. The Labute approximate surface area is 200 Å². The SMILES string of the molecule is CCNC(=NCCC(=O)Nc1cccc(Cl)c1C)N1CCC(c2cnn(C)c2)C1.I. The number of nitrogens with zero attached hydrogens (tertiary/aromatic N) is 4. The summed E-state index contributed by atoms with van der Waals surface area (Å²) in [6.45, 7) is 7.03. The molecular weight excluding hydrogens is 515 g/mol. The lowest BCUT2D eigenvalue weighted by atomic mass is 10.0. The monoisotopic (exact) mass is 544 g/mol. The van der Waals surface area contributed by atoms with Gasteiger partial charge in [0.05, 0.1) is 12.7 Å². The van der Waals surface area contributed by atoms with Gasteiger partial charge in [0.2, 0.25) is 5.91 Å². The van der Waals surface area contributed by atoms with Crippen LogP contribution in [0.1, 0.15) is 36.8 Å². The van der Waals surface area contributed by atoms with Crippen LogP contribution >= 0.6 is 35.6 Å². The van der Waals surface area contributed by atoms with Crippen LogP contribution < -0.4 is 10.6 Å². The van der Waals surface area contributed by atoms with E-state index in [1.54, 1.807) is 0 Å². The van der Waals surface area contributed by atoms with Crippen LogP contribution in [0.5, 0.6) is 0 Å². The molecule has 0 aliphatic carbocycles. The molecule has 0 saturated carbocycles. The van der Waals surface area contributed by atoms with Crippen LogP contribution in [0.3, 0.4) is 0 Å². The topological polar surface area (TPSA) is 74.6 Å². The molecule has 9 heteroatoms. The van der Waals surface area contributed by atoms with Gasteiger partial charge in [0.25, 0.3) is 0 Å². The summed E-state index contributed by atoms with van der Waals surface area (Å²) in [4.78, 5) is 19.2. The summed E-state index contributed by atoms with van der Waals surface area (Å²) >= 11 is 6.12. The normalized spacial score (nSPS) is 16.3. The third kappa shape index (κ3) is 6.34. The number of aromatic nitrogens is 2. The number of benzene rings is 1. The number of hydrogen-bond donors (Lipinski definition) is 2. The molecule has 0 spiro atoms. The fraction of sp³-hybridized carbons (Fsp3) is 0.476. The van der Waals surface area contributed by atoms with Crippen molar-refractivity contribution < 1.29 is 4.79 Å². The third-order valence-corrected chi connectivity index (χ3v) is 5.57. The number of likely N-dealkylation sites (tertiary alicyclic amines) is 1. The Hall–Kier alpha value is -1.81. The second-order valence-corrected chi connectivity index (χ2v) is 7.73. The first-order chi connectivity index (χ1) is 14.0. The van der Waals surface area contributed by atoms with Crippen LogP contribution in [-0.2, 0) is 11.8 Å². The molecule has 30 heavy (non-hydrogen) atoms. The zero-order valence-electron chi connectivity index (χ0n) is 17.7. The predicted octanol–water partition coefficient (Wildman–Crippen LogP) is 3.78. The van der Waals surface area contributed by atoms with Crippen LogP contribution in [0.4, 0.5) is 5.69 Å². The van der Waals surface area contributed by atoms with Crippen molar-refractivity contribution in [2.75, 3.05) is 31.5 Å². The lowest BCUT2D eigenvalue weighted by molar-refractivity contribution is -0.116. The van der Waals surface area contributed by atoms with Gasteiger partial charge in [-0.05, 0) is 43.5 Å². The third-order valence-electron chi connectivity index (χ3n) is 5.16. The number of aryl methyl sites for hydroxylation is 1. The van der Waals surface area contributed by atoms with E-state index < -0.39 is 0 Å². The van der Waals surface area contributed by atoms with Crippen LogP contribution in [0, 0.1) is 6.92 Å². The molecule has 3 rings (SSSR count). The molecule has 164 valence electrons. The minimum atomic E-state index is -0.0652. The van der Waals surface area contributed by atoms with E-state index in [2.05, 4.69) is 38.7 Å². The maximum absolute atomic E-state index is 12.3. The number of anilines is 1. The van der Waals surface area contributed by atoms with Crippen LogP contribution in [0.2, 0.25) is 5.02 Å². The number of guanidine groups is 1. The van der Waals surface area contributed by atoms with Crippen molar-refractivity contribution >= 4 is 53.1 Å². The Bertz CT molecular complexity index is 884. The van der Waals surface area contributed by atoms with Crippen molar-refractivity contribution in [1.29, 1.82) is 0 Å². The highest BCUT2D eigenvalue weighted by Crippen LogP contribution is 2.26. The number of carbonyl (C=O) groups is 1. The number of carbonyl (C=O) groups excluding carboxylic acids is 1. The summed E-state index contributed by atoms with van der Waals surface area (Å²) in [6.07, 6.45) is 5.42. The molecule has 0 radical (unpaired) electrons. The van der Waals surface area contributed by atoms with Gasteiger partial charge in [0, 0.05) is 55.9 Å². The molecule has 0 bridgehead atoms. The first kappa shape index (κ1) is 24.5. The molecule has 1 aliphatic heterocycles. The maximum atomic E-state index is 12.3. The second kappa shape index (κ2) is 11.5. The number of amides is 1. The summed E-state index contributed by atoms with van der Waals surface area (Å²) in [5, 5.41) is 11.2. The van der Waals surface area contributed by atoms with E-state index in [4.69, 9.17) is 11.6 Å². The van der Waals surface area contributed by atoms with Gasteiger partial charge in [-0.2, -0.15) is 5.10 Å². The van der Waals surface area contributed by atoms with Gasteiger partial charge in [-0.3, -0.25) is 14.5 Å². The van der Waals surface area contributed by atoms with Gasteiger partial charge in [-0.1, -0.05) is 17.7 Å². The Kier molecular flexibility index (Phi) is 9.41. The molecule has 2 heterocycles. The number of rotatable bonds is 6. The molecule has 2 aromatic rings. The number of aliphatic imine (C=N–C) groups is 1. The van der Waals surface area contributed by atoms with Crippen LogP contribution in [0.25, 0.3) is 0 Å². The van der Waals surface area contributed by atoms with Gasteiger partial charge in [-0.15, -0.1) is 24.0 Å². The van der Waals surface area contributed by atoms with Gasteiger partial charge in [-0.25, -0.2) is 0 Å². The highest BCUT2D eigenvalue weighted by molar-refractivity contribution is 14.0. The van der Waals surface area contributed by atoms with Gasteiger partial charge >= 0.3 is 0 Å². The first-order valence-corrected chi connectivity index (χ1v) is 10.4. The Morgan fingerprint density at radius 2 is 2.20 bits per heavy atom. The van der Waals surface area contributed by atoms with Gasteiger partial charge in [0.15, 0.2) is 5.96 Å². The molecule has 1 aliphatic rings. The van der Waals surface area contributed by atoms with E-state index in [1.165, 1.54) is 5.56 Å². The fourth-order valence-electron chi connectivity index (χ4n) is 3.52. The van der Waals surface area contributed by atoms with E-state index in [-0.39, 0.29) is 29.9 Å². The minimum Gasteiger partial charge on any atom is -0.357 e. The Morgan fingerprint density at radius 1 is 1.40 bits per heavy atom. The lowest BCUT2D eigenvalue weighted by Gasteiger charge is -2.21. The summed E-state index contributed by atoms with van der Waals surface area (Å²) in [5.74, 6) is 1.26. The van der Waals surface area contributed by atoms with E-state index >= 15 is 0 Å². The highest BCUT2D eigenvalue weighted by atomic mass is 127. The molecule has 1 atom stereocenters. The first-order valence-electron chi connectivity index (χ1n) is 10.0. The molecule has 1 fully saturated rings. The largest absolute Gasteiger partial charge is 0.357 e. The summed E-state index contributed by atoms with van der Waals surface area (Å²) in [5.41, 5.74) is 2.89. The number of nitrogens with one attached hydrogen (secondary N) is 2. The van der Waals surface area contributed by atoms with Crippen molar-refractivity contribution in [2.45, 2.75) is 32.6 Å². The molecule has 1 saturated heterocycles. The van der Waals surface area contributed by atoms with Crippen molar-refractivity contribution in [3.05, 3.63) is 46.7 Å². The van der Waals surface area contributed by atoms with Crippen molar-refractivity contribution in [1.82, 2.24) is 20.0 Å². The van der Waals surface area contributed by atoms with Gasteiger partial charge in [0.1, 0.15) is 0 Å². The van der Waals surface area contributed by atoms with Crippen molar-refractivity contribution in [2.24, 2.45) is 12.0 Å². The second-order valence-electron chi connectivity index (χ2n) is 7.33. The van der Waals surface area contributed by atoms with Crippen LogP contribution in [0.15, 0.2) is 35.6 Å². The molecule has 1 aromatic carbocycles. The summed E-state index contributed by atoms with van der Waals surface area (Å²) in [6, 6.07) is 5.50. The summed E-state index contributed by atoms with van der Waals surface area (Å²) < 4.78 is 1.84. The van der Waals surface area contributed by atoms with E-state index in [1.807, 2.05) is 43.0 Å². The van der Waals surface area contributed by atoms with Crippen molar-refractivity contribution in [3.8, 4) is 0 Å². The molecular formula is C21H30ClIN6O. The average Bonchev–Trinajstić information content (AvgIpc) is 3.34. The molecule has 7 nitrogen and oxygen atoms in total. The van der Waals surface area contributed by atoms with E-state index in [0.717, 1.165) is 43.3 Å². The molecule has 1 amide bonds. The highest BCUT2D eigenvalue weighted by Gasteiger charge is 2.26. The van der Waals surface area contributed by atoms with Gasteiger partial charge < -0.3 is 15.5 Å². The average molecular weight is 545 g/mol. The van der Waals surface area contributed by atoms with E-state index in [0.29, 0.717) is 23.9 Å². The lowest BCUT2D eigenvalue weighted by Crippen LogP contribution is -2.40. The standard InChI is InChI=1S/C21H29ClN6O.HI/c1-4-23-21(28-11-9-16(14-28)17-12-25-27(3)13-17)24-10-8-20(29)26-19-7-5-6-18(22)15(19)2;/h5-7,12-13,16H,4,8-11,14H2,1-3H3,(H,23,24)(H,26,29);1H. The summed E-state index contributed by atoms with van der Waals surface area (Å²) in [7, 11) is 1.94. The maximum Gasteiger partial charge on any atom is 0.226 e.